The Morgan fingerprint density at radius 1 is 1.00 bits per heavy atom. The molecule has 0 nitrogen and oxygen atoms in total. The summed E-state index contributed by atoms with van der Waals surface area (Å²) in [6.45, 7) is 6.25. The Morgan fingerprint density at radius 2 is 1.59 bits per heavy atom. The second kappa shape index (κ2) is 5.24. The maximum absolute atomic E-state index is 4.28. The van der Waals surface area contributed by atoms with Gasteiger partial charge in [-0.1, -0.05) is 48.5 Å². The Kier molecular flexibility index (Phi) is 3.70. The van der Waals surface area contributed by atoms with Crippen molar-refractivity contribution >= 4 is 18.2 Å². The molecule has 0 spiro atoms. The molecule has 0 fully saturated rings. The van der Waals surface area contributed by atoms with E-state index in [1.807, 2.05) is 12.1 Å². The Balaban J connectivity index is 2.11. The fraction of sp³-hybridized carbons (Fsp3) is 0.125. The molecule has 0 aliphatic rings. The van der Waals surface area contributed by atoms with Crippen molar-refractivity contribution in [3.63, 3.8) is 0 Å². The number of rotatable bonds is 3. The first-order valence-electron chi connectivity index (χ1n) is 5.68. The largest absolute Gasteiger partial charge is 0.143 e. The predicted molar refractivity (Wildman–Crippen MR) is 77.6 cm³/mol. The number of allylic oxidation sites excluding steroid dienone is 1. The van der Waals surface area contributed by atoms with E-state index in [0.29, 0.717) is 0 Å². The van der Waals surface area contributed by atoms with Crippen LogP contribution < -0.4 is 0 Å². The van der Waals surface area contributed by atoms with Crippen molar-refractivity contribution in [2.45, 2.75) is 18.2 Å². The Bertz CT molecular complexity index is 506. The second-order valence-electron chi connectivity index (χ2n) is 4.31. The van der Waals surface area contributed by atoms with E-state index in [2.05, 4.69) is 62.5 Å². The van der Waals surface area contributed by atoms with E-state index in [1.54, 1.807) is 0 Å². The molecule has 0 aromatic heterocycles. The standard InChI is InChI=1S/C16H16S/c1-12-3-7-15(8-4-12)13(2)11-14-5-9-16(17)10-6-14/h3-10,17H,2,11H2,1H3. The maximum atomic E-state index is 4.28. The third-order valence-electron chi connectivity index (χ3n) is 2.81. The zero-order valence-corrected chi connectivity index (χ0v) is 10.9. The third kappa shape index (κ3) is 3.24. The molecule has 0 saturated heterocycles. The molecular formula is C16H16S. The molecule has 0 bridgehead atoms. The van der Waals surface area contributed by atoms with Crippen molar-refractivity contribution in [3.8, 4) is 0 Å². The van der Waals surface area contributed by atoms with E-state index in [-0.39, 0.29) is 0 Å². The molecule has 1 heteroatoms. The van der Waals surface area contributed by atoms with Gasteiger partial charge in [-0.15, -0.1) is 12.6 Å². The molecule has 0 saturated carbocycles. The van der Waals surface area contributed by atoms with Crippen LogP contribution in [0.15, 0.2) is 60.0 Å². The van der Waals surface area contributed by atoms with Crippen LogP contribution in [0.25, 0.3) is 5.57 Å². The van der Waals surface area contributed by atoms with Crippen LogP contribution in [0.1, 0.15) is 16.7 Å². The highest BCUT2D eigenvalue weighted by molar-refractivity contribution is 7.80. The summed E-state index contributed by atoms with van der Waals surface area (Å²) < 4.78 is 0. The van der Waals surface area contributed by atoms with E-state index >= 15 is 0 Å². The minimum atomic E-state index is 0.886. The van der Waals surface area contributed by atoms with Gasteiger partial charge in [-0.05, 0) is 42.2 Å². The van der Waals surface area contributed by atoms with Crippen LogP contribution in [0.5, 0.6) is 0 Å². The highest BCUT2D eigenvalue weighted by atomic mass is 32.1. The van der Waals surface area contributed by atoms with Gasteiger partial charge in [0.1, 0.15) is 0 Å². The minimum absolute atomic E-state index is 0.886. The molecule has 0 atom stereocenters. The number of hydrogen-bond donors (Lipinski definition) is 1. The van der Waals surface area contributed by atoms with Gasteiger partial charge in [0.15, 0.2) is 0 Å². The summed E-state index contributed by atoms with van der Waals surface area (Å²) in [6.07, 6.45) is 0.886. The second-order valence-corrected chi connectivity index (χ2v) is 4.83. The third-order valence-corrected chi connectivity index (χ3v) is 3.11. The molecule has 17 heavy (non-hydrogen) atoms. The van der Waals surface area contributed by atoms with Crippen molar-refractivity contribution in [3.05, 3.63) is 71.8 Å². The van der Waals surface area contributed by atoms with Gasteiger partial charge in [0.2, 0.25) is 0 Å². The fourth-order valence-electron chi connectivity index (χ4n) is 1.75. The summed E-state index contributed by atoms with van der Waals surface area (Å²) in [4.78, 5) is 0.995. The molecule has 0 heterocycles. The Morgan fingerprint density at radius 3 is 2.18 bits per heavy atom. The topological polar surface area (TPSA) is 0 Å². The molecule has 0 N–H and O–H groups in total. The normalized spacial score (nSPS) is 10.2. The van der Waals surface area contributed by atoms with Crippen molar-refractivity contribution in [1.29, 1.82) is 0 Å². The molecule has 0 radical (unpaired) electrons. The van der Waals surface area contributed by atoms with Gasteiger partial charge in [-0.3, -0.25) is 0 Å². The van der Waals surface area contributed by atoms with Crippen LogP contribution in [-0.2, 0) is 6.42 Å². The first kappa shape index (κ1) is 12.0. The van der Waals surface area contributed by atoms with Crippen molar-refractivity contribution < 1.29 is 0 Å². The first-order valence-corrected chi connectivity index (χ1v) is 6.12. The van der Waals surface area contributed by atoms with Crippen molar-refractivity contribution in [2.75, 3.05) is 0 Å². The van der Waals surface area contributed by atoms with E-state index in [9.17, 15) is 0 Å². The smallest absolute Gasteiger partial charge is 0.00401 e. The lowest BCUT2D eigenvalue weighted by Gasteiger charge is -2.07. The summed E-state index contributed by atoms with van der Waals surface area (Å²) in [5.74, 6) is 0. The fourth-order valence-corrected chi connectivity index (χ4v) is 1.90. The van der Waals surface area contributed by atoms with Crippen LogP contribution in [0.3, 0.4) is 0 Å². The monoisotopic (exact) mass is 240 g/mol. The van der Waals surface area contributed by atoms with Gasteiger partial charge in [-0.2, -0.15) is 0 Å². The van der Waals surface area contributed by atoms with Crippen LogP contribution in [0.4, 0.5) is 0 Å². The highest BCUT2D eigenvalue weighted by Crippen LogP contribution is 2.19. The molecule has 2 aromatic carbocycles. The molecule has 0 amide bonds. The SMILES string of the molecule is C=C(Cc1ccc(S)cc1)c1ccc(C)cc1. The van der Waals surface area contributed by atoms with Gasteiger partial charge in [0.05, 0.1) is 0 Å². The average molecular weight is 240 g/mol. The van der Waals surface area contributed by atoms with Crippen molar-refractivity contribution in [2.24, 2.45) is 0 Å². The highest BCUT2D eigenvalue weighted by Gasteiger charge is 2.00. The molecule has 2 rings (SSSR count). The quantitative estimate of drug-likeness (QED) is 0.748. The lowest BCUT2D eigenvalue weighted by Crippen LogP contribution is -1.89. The zero-order valence-electron chi connectivity index (χ0n) is 9.98. The summed E-state index contributed by atoms with van der Waals surface area (Å²) in [5, 5.41) is 0. The van der Waals surface area contributed by atoms with E-state index < -0.39 is 0 Å². The van der Waals surface area contributed by atoms with Crippen LogP contribution >= 0.6 is 12.6 Å². The molecular weight excluding hydrogens is 224 g/mol. The Hall–Kier alpha value is -1.47. The molecule has 0 aliphatic heterocycles. The van der Waals surface area contributed by atoms with Crippen LogP contribution in [0.2, 0.25) is 0 Å². The van der Waals surface area contributed by atoms with Gasteiger partial charge in [0.25, 0.3) is 0 Å². The molecule has 0 aliphatic carbocycles. The molecule has 0 unspecified atom stereocenters. The summed E-state index contributed by atoms with van der Waals surface area (Å²) >= 11 is 4.28. The van der Waals surface area contributed by atoms with Gasteiger partial charge >= 0.3 is 0 Å². The van der Waals surface area contributed by atoms with Gasteiger partial charge in [0, 0.05) is 4.90 Å². The van der Waals surface area contributed by atoms with E-state index in [0.717, 1.165) is 16.9 Å². The summed E-state index contributed by atoms with van der Waals surface area (Å²) in [6, 6.07) is 16.7. The van der Waals surface area contributed by atoms with E-state index in [1.165, 1.54) is 16.7 Å². The number of benzene rings is 2. The number of thiol groups is 1. The van der Waals surface area contributed by atoms with Crippen LogP contribution in [-0.4, -0.2) is 0 Å². The zero-order chi connectivity index (χ0) is 12.3. The minimum Gasteiger partial charge on any atom is -0.143 e. The molecule has 2 aromatic rings. The lowest BCUT2D eigenvalue weighted by atomic mass is 9.99. The molecule has 86 valence electrons. The number of hydrogen-bond acceptors (Lipinski definition) is 1. The average Bonchev–Trinajstić information content (AvgIpc) is 2.33. The Labute approximate surface area is 108 Å². The lowest BCUT2D eigenvalue weighted by molar-refractivity contribution is 1.26. The van der Waals surface area contributed by atoms with Crippen LogP contribution in [0, 0.1) is 6.92 Å². The predicted octanol–water partition coefficient (Wildman–Crippen LogP) is 4.54. The summed E-state index contributed by atoms with van der Waals surface area (Å²) in [5.41, 5.74) is 4.91. The maximum Gasteiger partial charge on any atom is 0.00401 e. The van der Waals surface area contributed by atoms with Crippen molar-refractivity contribution in [1.82, 2.24) is 0 Å². The van der Waals surface area contributed by atoms with Gasteiger partial charge < -0.3 is 0 Å². The van der Waals surface area contributed by atoms with E-state index in [4.69, 9.17) is 0 Å². The van der Waals surface area contributed by atoms with Gasteiger partial charge in [-0.25, -0.2) is 0 Å². The first-order chi connectivity index (χ1) is 8.15. The summed E-state index contributed by atoms with van der Waals surface area (Å²) in [7, 11) is 0. The number of aryl methyl sites for hydroxylation is 1.